The first-order chi connectivity index (χ1) is 7.24. The zero-order valence-electron chi connectivity index (χ0n) is 9.26. The number of nitrogens with one attached hydrogen (secondary N) is 3. The summed E-state index contributed by atoms with van der Waals surface area (Å²) in [6, 6.07) is 0. The third-order valence-corrected chi connectivity index (χ3v) is 2.15. The quantitative estimate of drug-likeness (QED) is 0.593. The largest absolute Gasteiger partial charge is 0.356 e. The van der Waals surface area contributed by atoms with Gasteiger partial charge in [-0.2, -0.15) is 5.10 Å². The second-order valence-electron chi connectivity index (χ2n) is 3.40. The van der Waals surface area contributed by atoms with Crippen LogP contribution in [0.25, 0.3) is 0 Å². The van der Waals surface area contributed by atoms with Crippen molar-refractivity contribution < 1.29 is 4.79 Å². The lowest BCUT2D eigenvalue weighted by Crippen LogP contribution is -2.27. The molecule has 5 heteroatoms. The Bertz CT molecular complexity index is 308. The maximum Gasteiger partial charge on any atom is 0.221 e. The number of nitrogens with zero attached hydrogens (tertiary/aromatic N) is 1. The maximum absolute atomic E-state index is 11.1. The normalized spacial score (nSPS) is 10.3. The van der Waals surface area contributed by atoms with Crippen LogP contribution in [-0.2, 0) is 11.3 Å². The molecule has 1 aromatic heterocycles. The molecule has 15 heavy (non-hydrogen) atoms. The van der Waals surface area contributed by atoms with E-state index in [0.29, 0.717) is 19.5 Å². The molecule has 84 valence electrons. The third kappa shape index (κ3) is 4.12. The molecule has 0 unspecified atom stereocenters. The van der Waals surface area contributed by atoms with E-state index in [4.69, 9.17) is 0 Å². The molecule has 0 saturated carbocycles. The summed E-state index contributed by atoms with van der Waals surface area (Å²) in [5, 5.41) is 12.7. The monoisotopic (exact) mass is 210 g/mol. The van der Waals surface area contributed by atoms with Crippen molar-refractivity contribution in [3.63, 3.8) is 0 Å². The molecule has 0 aromatic carbocycles. The summed E-state index contributed by atoms with van der Waals surface area (Å²) in [4.78, 5) is 11.1. The lowest BCUT2D eigenvalue weighted by Gasteiger charge is -2.04. The number of hydrogen-bond donors (Lipinski definition) is 3. The van der Waals surface area contributed by atoms with Crippen LogP contribution in [0, 0.1) is 6.92 Å². The predicted molar refractivity (Wildman–Crippen MR) is 58.3 cm³/mol. The van der Waals surface area contributed by atoms with Crippen LogP contribution in [-0.4, -0.2) is 29.2 Å². The number of aryl methyl sites for hydroxylation is 1. The first kappa shape index (κ1) is 11.7. The molecule has 0 spiro atoms. The molecular formula is C10H18N4O. The van der Waals surface area contributed by atoms with Gasteiger partial charge in [-0.15, -0.1) is 0 Å². The number of amides is 1. The highest BCUT2D eigenvalue weighted by Gasteiger charge is 2.01. The van der Waals surface area contributed by atoms with Crippen molar-refractivity contribution in [1.29, 1.82) is 0 Å². The Morgan fingerprint density at radius 1 is 1.60 bits per heavy atom. The molecule has 1 amide bonds. The van der Waals surface area contributed by atoms with Crippen molar-refractivity contribution in [2.45, 2.75) is 26.8 Å². The van der Waals surface area contributed by atoms with Crippen molar-refractivity contribution >= 4 is 5.91 Å². The second kappa shape index (κ2) is 6.19. The van der Waals surface area contributed by atoms with Gasteiger partial charge in [-0.3, -0.25) is 9.89 Å². The molecule has 0 aliphatic rings. The Morgan fingerprint density at radius 2 is 2.40 bits per heavy atom. The minimum absolute atomic E-state index is 0.0916. The molecule has 0 aliphatic carbocycles. The van der Waals surface area contributed by atoms with Crippen molar-refractivity contribution in [1.82, 2.24) is 20.8 Å². The van der Waals surface area contributed by atoms with Crippen LogP contribution in [0.15, 0.2) is 6.20 Å². The van der Waals surface area contributed by atoms with E-state index in [0.717, 1.165) is 17.8 Å². The summed E-state index contributed by atoms with van der Waals surface area (Å²) in [7, 11) is 0. The average Bonchev–Trinajstić information content (AvgIpc) is 2.60. The maximum atomic E-state index is 11.1. The highest BCUT2D eigenvalue weighted by atomic mass is 16.1. The van der Waals surface area contributed by atoms with Crippen molar-refractivity contribution in [2.24, 2.45) is 0 Å². The second-order valence-corrected chi connectivity index (χ2v) is 3.40. The van der Waals surface area contributed by atoms with E-state index >= 15 is 0 Å². The topological polar surface area (TPSA) is 69.8 Å². The highest BCUT2D eigenvalue weighted by Crippen LogP contribution is 2.00. The van der Waals surface area contributed by atoms with Gasteiger partial charge in [-0.25, -0.2) is 0 Å². The zero-order valence-corrected chi connectivity index (χ0v) is 9.26. The van der Waals surface area contributed by atoms with Gasteiger partial charge in [-0.05, 0) is 13.8 Å². The van der Waals surface area contributed by atoms with Gasteiger partial charge in [0, 0.05) is 37.3 Å². The van der Waals surface area contributed by atoms with E-state index in [-0.39, 0.29) is 5.91 Å². The minimum Gasteiger partial charge on any atom is -0.356 e. The van der Waals surface area contributed by atoms with Crippen molar-refractivity contribution in [2.75, 3.05) is 13.1 Å². The van der Waals surface area contributed by atoms with Gasteiger partial charge in [0.2, 0.25) is 5.91 Å². The van der Waals surface area contributed by atoms with Gasteiger partial charge in [0.1, 0.15) is 0 Å². The molecule has 3 N–H and O–H groups in total. The average molecular weight is 210 g/mol. The third-order valence-electron chi connectivity index (χ3n) is 2.15. The molecule has 1 rings (SSSR count). The fraction of sp³-hybridized carbons (Fsp3) is 0.600. The van der Waals surface area contributed by atoms with Gasteiger partial charge in [-0.1, -0.05) is 0 Å². The number of rotatable bonds is 6. The van der Waals surface area contributed by atoms with Crippen molar-refractivity contribution in [3.05, 3.63) is 17.5 Å². The van der Waals surface area contributed by atoms with E-state index in [9.17, 15) is 4.79 Å². The van der Waals surface area contributed by atoms with E-state index in [1.807, 2.05) is 13.8 Å². The first-order valence-electron chi connectivity index (χ1n) is 5.20. The van der Waals surface area contributed by atoms with Gasteiger partial charge < -0.3 is 10.6 Å². The highest BCUT2D eigenvalue weighted by molar-refractivity contribution is 5.75. The Hall–Kier alpha value is -1.36. The van der Waals surface area contributed by atoms with Crippen LogP contribution in [0.2, 0.25) is 0 Å². The van der Waals surface area contributed by atoms with Crippen LogP contribution >= 0.6 is 0 Å². The number of hydrogen-bond acceptors (Lipinski definition) is 3. The summed E-state index contributed by atoms with van der Waals surface area (Å²) < 4.78 is 0. The number of carbonyl (C=O) groups excluding carboxylic acids is 1. The van der Waals surface area contributed by atoms with Crippen LogP contribution in [0.4, 0.5) is 0 Å². The summed E-state index contributed by atoms with van der Waals surface area (Å²) in [6.45, 7) is 6.03. The van der Waals surface area contributed by atoms with Gasteiger partial charge in [0.25, 0.3) is 0 Å². The van der Waals surface area contributed by atoms with Crippen LogP contribution in [0.5, 0.6) is 0 Å². The first-order valence-corrected chi connectivity index (χ1v) is 5.20. The SMILES string of the molecule is CCNC(=O)CCNCc1cn[nH]c1C. The fourth-order valence-corrected chi connectivity index (χ4v) is 1.26. The molecule has 1 heterocycles. The summed E-state index contributed by atoms with van der Waals surface area (Å²) in [6.07, 6.45) is 2.32. The number of aromatic nitrogens is 2. The Kier molecular flexibility index (Phi) is 4.83. The number of carbonyl (C=O) groups is 1. The van der Waals surface area contributed by atoms with Crippen LogP contribution < -0.4 is 10.6 Å². The van der Waals surface area contributed by atoms with E-state index < -0.39 is 0 Å². The van der Waals surface area contributed by atoms with Crippen LogP contribution in [0.3, 0.4) is 0 Å². The zero-order chi connectivity index (χ0) is 11.1. The standard InChI is InChI=1S/C10H18N4O/c1-3-12-10(15)4-5-11-6-9-7-13-14-8(9)2/h7,11H,3-6H2,1-2H3,(H,12,15)(H,13,14). The van der Waals surface area contributed by atoms with E-state index in [1.54, 1.807) is 6.20 Å². The van der Waals surface area contributed by atoms with Gasteiger partial charge in [0.05, 0.1) is 6.20 Å². The van der Waals surface area contributed by atoms with E-state index in [1.165, 1.54) is 0 Å². The smallest absolute Gasteiger partial charge is 0.221 e. The van der Waals surface area contributed by atoms with E-state index in [2.05, 4.69) is 20.8 Å². The molecule has 0 radical (unpaired) electrons. The molecule has 0 bridgehead atoms. The lowest BCUT2D eigenvalue weighted by atomic mass is 10.2. The van der Waals surface area contributed by atoms with Gasteiger partial charge in [0.15, 0.2) is 0 Å². The summed E-state index contributed by atoms with van der Waals surface area (Å²) in [5.41, 5.74) is 2.21. The Morgan fingerprint density at radius 3 is 3.00 bits per heavy atom. The predicted octanol–water partition coefficient (Wildman–Crippen LogP) is 0.334. The molecule has 0 atom stereocenters. The molecule has 0 aliphatic heterocycles. The van der Waals surface area contributed by atoms with Crippen LogP contribution in [0.1, 0.15) is 24.6 Å². The molecule has 0 fully saturated rings. The molecule has 1 aromatic rings. The minimum atomic E-state index is 0.0916. The molecule has 0 saturated heterocycles. The summed E-state index contributed by atoms with van der Waals surface area (Å²) in [5.74, 6) is 0.0916. The summed E-state index contributed by atoms with van der Waals surface area (Å²) >= 11 is 0. The molecular weight excluding hydrogens is 192 g/mol. The molecule has 5 nitrogen and oxygen atoms in total. The van der Waals surface area contributed by atoms with Crippen molar-refractivity contribution in [3.8, 4) is 0 Å². The fourth-order valence-electron chi connectivity index (χ4n) is 1.26. The number of H-pyrrole nitrogens is 1. The Labute approximate surface area is 89.6 Å². The Balaban J connectivity index is 2.12. The lowest BCUT2D eigenvalue weighted by molar-refractivity contribution is -0.120. The number of aromatic amines is 1. The van der Waals surface area contributed by atoms with Gasteiger partial charge >= 0.3 is 0 Å².